The summed E-state index contributed by atoms with van der Waals surface area (Å²) in [5.74, 6) is -0.778. The first-order valence-electron chi connectivity index (χ1n) is 7.73. The minimum absolute atomic E-state index is 0.0960. The van der Waals surface area contributed by atoms with E-state index in [9.17, 15) is 14.7 Å². The lowest BCUT2D eigenvalue weighted by atomic mass is 9.67. The largest absolute Gasteiger partial charge is 0.481 e. The monoisotopic (exact) mass is 282 g/mol. The molecule has 1 atom stereocenters. The number of nitrogens with zero attached hydrogens (tertiary/aromatic N) is 1. The van der Waals surface area contributed by atoms with Crippen molar-refractivity contribution in [3.8, 4) is 0 Å². The molecule has 5 heteroatoms. The van der Waals surface area contributed by atoms with Crippen LogP contribution in [0.2, 0.25) is 0 Å². The van der Waals surface area contributed by atoms with Gasteiger partial charge < -0.3 is 15.3 Å². The van der Waals surface area contributed by atoms with Crippen molar-refractivity contribution in [2.75, 3.05) is 19.6 Å². The Labute approximate surface area is 120 Å². The van der Waals surface area contributed by atoms with Gasteiger partial charge in [0, 0.05) is 19.6 Å². The molecule has 114 valence electrons. The Morgan fingerprint density at radius 3 is 2.30 bits per heavy atom. The Morgan fingerprint density at radius 1 is 1.20 bits per heavy atom. The minimum atomic E-state index is -0.778. The summed E-state index contributed by atoms with van der Waals surface area (Å²) < 4.78 is 0. The van der Waals surface area contributed by atoms with Crippen LogP contribution in [0.1, 0.15) is 52.4 Å². The van der Waals surface area contributed by atoms with Gasteiger partial charge in [-0.2, -0.15) is 0 Å². The molecule has 0 radical (unpaired) electrons. The molecule has 1 heterocycles. The van der Waals surface area contributed by atoms with Gasteiger partial charge in [-0.15, -0.1) is 0 Å². The lowest BCUT2D eigenvalue weighted by Crippen LogP contribution is -2.47. The van der Waals surface area contributed by atoms with E-state index in [2.05, 4.69) is 12.2 Å². The van der Waals surface area contributed by atoms with Crippen molar-refractivity contribution in [3.05, 3.63) is 0 Å². The predicted molar refractivity (Wildman–Crippen MR) is 76.5 cm³/mol. The highest BCUT2D eigenvalue weighted by Crippen LogP contribution is 2.43. The molecule has 2 N–H and O–H groups in total. The van der Waals surface area contributed by atoms with Crippen molar-refractivity contribution in [2.45, 2.75) is 52.4 Å². The molecule has 5 nitrogen and oxygen atoms in total. The van der Waals surface area contributed by atoms with E-state index >= 15 is 0 Å². The highest BCUT2D eigenvalue weighted by molar-refractivity contribution is 5.79. The van der Waals surface area contributed by atoms with Crippen LogP contribution in [0.3, 0.4) is 0 Å². The number of carboxylic acid groups (broad SMARTS) is 1. The van der Waals surface area contributed by atoms with Gasteiger partial charge in [0.25, 0.3) is 0 Å². The molecule has 0 aromatic rings. The summed E-state index contributed by atoms with van der Waals surface area (Å²) in [5, 5.41) is 12.4. The third kappa shape index (κ3) is 2.63. The first-order valence-corrected chi connectivity index (χ1v) is 7.73. The van der Waals surface area contributed by atoms with Gasteiger partial charge in [-0.3, -0.25) is 4.79 Å². The fourth-order valence-electron chi connectivity index (χ4n) is 3.37. The van der Waals surface area contributed by atoms with Gasteiger partial charge in [-0.05, 0) is 37.5 Å². The molecule has 1 aliphatic carbocycles. The molecule has 20 heavy (non-hydrogen) atoms. The SMILES string of the molecule is CCC1(CNC(=O)N2CCC(CC)(C(=O)O)C2)CCC1. The number of carbonyl (C=O) groups excluding carboxylic acids is 1. The predicted octanol–water partition coefficient (Wildman–Crippen LogP) is 2.46. The van der Waals surface area contributed by atoms with Crippen molar-refractivity contribution >= 4 is 12.0 Å². The van der Waals surface area contributed by atoms with Crippen molar-refractivity contribution in [3.63, 3.8) is 0 Å². The van der Waals surface area contributed by atoms with Crippen LogP contribution < -0.4 is 5.32 Å². The summed E-state index contributed by atoms with van der Waals surface area (Å²) in [6.07, 6.45) is 5.87. The van der Waals surface area contributed by atoms with E-state index in [0.717, 1.165) is 13.0 Å². The fraction of sp³-hybridized carbons (Fsp3) is 0.867. The van der Waals surface area contributed by atoms with Crippen molar-refractivity contribution in [1.82, 2.24) is 10.2 Å². The highest BCUT2D eigenvalue weighted by atomic mass is 16.4. The Morgan fingerprint density at radius 2 is 1.90 bits per heavy atom. The standard InChI is InChI=1S/C15H26N2O3/c1-3-14(6-5-7-14)10-16-13(20)17-9-8-15(4-2,11-17)12(18)19/h3-11H2,1-2H3,(H,16,20)(H,18,19). The molecule has 1 saturated carbocycles. The summed E-state index contributed by atoms with van der Waals surface area (Å²) >= 11 is 0. The number of hydrogen-bond donors (Lipinski definition) is 2. The maximum atomic E-state index is 12.2. The summed E-state index contributed by atoms with van der Waals surface area (Å²) in [5.41, 5.74) is -0.444. The number of rotatable bonds is 5. The quantitative estimate of drug-likeness (QED) is 0.814. The third-order valence-corrected chi connectivity index (χ3v) is 5.55. The number of aliphatic carboxylic acids is 1. The first-order chi connectivity index (χ1) is 9.47. The molecule has 2 aliphatic rings. The number of carbonyl (C=O) groups is 2. The molecule has 2 rings (SSSR count). The molecule has 0 spiro atoms. The van der Waals surface area contributed by atoms with E-state index in [1.807, 2.05) is 6.92 Å². The van der Waals surface area contributed by atoms with E-state index in [1.54, 1.807) is 4.90 Å². The zero-order chi connectivity index (χ0) is 14.8. The van der Waals surface area contributed by atoms with Gasteiger partial charge in [0.1, 0.15) is 0 Å². The average Bonchev–Trinajstić information content (AvgIpc) is 2.83. The number of likely N-dealkylation sites (tertiary alicyclic amines) is 1. The van der Waals surface area contributed by atoms with Crippen LogP contribution in [-0.2, 0) is 4.79 Å². The molecule has 0 bridgehead atoms. The van der Waals surface area contributed by atoms with E-state index in [0.29, 0.717) is 31.3 Å². The smallest absolute Gasteiger partial charge is 0.317 e. The second-order valence-electron chi connectivity index (χ2n) is 6.48. The number of hydrogen-bond acceptors (Lipinski definition) is 2. The number of amides is 2. The molecule has 1 aliphatic heterocycles. The Kier molecular flexibility index (Phi) is 4.25. The van der Waals surface area contributed by atoms with E-state index < -0.39 is 11.4 Å². The maximum Gasteiger partial charge on any atom is 0.317 e. The van der Waals surface area contributed by atoms with Gasteiger partial charge in [0.15, 0.2) is 0 Å². The summed E-state index contributed by atoms with van der Waals surface area (Å²) in [6.45, 7) is 5.67. The van der Waals surface area contributed by atoms with Gasteiger partial charge in [0.05, 0.1) is 5.41 Å². The molecule has 1 unspecified atom stereocenters. The summed E-state index contributed by atoms with van der Waals surface area (Å²) in [6, 6.07) is -0.0960. The van der Waals surface area contributed by atoms with Crippen LogP contribution in [0.25, 0.3) is 0 Å². The van der Waals surface area contributed by atoms with Crippen molar-refractivity contribution in [2.24, 2.45) is 10.8 Å². The average molecular weight is 282 g/mol. The minimum Gasteiger partial charge on any atom is -0.481 e. The number of carboxylic acids is 1. The van der Waals surface area contributed by atoms with E-state index in [1.165, 1.54) is 19.3 Å². The Hall–Kier alpha value is -1.26. The third-order valence-electron chi connectivity index (χ3n) is 5.55. The molecule has 1 saturated heterocycles. The molecule has 2 fully saturated rings. The van der Waals surface area contributed by atoms with Crippen molar-refractivity contribution < 1.29 is 14.7 Å². The van der Waals surface area contributed by atoms with Gasteiger partial charge in [-0.25, -0.2) is 4.79 Å². The van der Waals surface area contributed by atoms with E-state index in [-0.39, 0.29) is 6.03 Å². The second-order valence-corrected chi connectivity index (χ2v) is 6.48. The van der Waals surface area contributed by atoms with Crippen molar-refractivity contribution in [1.29, 1.82) is 0 Å². The molecule has 0 aromatic carbocycles. The summed E-state index contributed by atoms with van der Waals surface area (Å²) in [4.78, 5) is 25.2. The zero-order valence-corrected chi connectivity index (χ0v) is 12.6. The molecule has 0 aromatic heterocycles. The van der Waals surface area contributed by atoms with Gasteiger partial charge in [-0.1, -0.05) is 20.3 Å². The second kappa shape index (κ2) is 5.62. The molecular weight excluding hydrogens is 256 g/mol. The zero-order valence-electron chi connectivity index (χ0n) is 12.6. The van der Waals surface area contributed by atoms with Crippen LogP contribution in [0.5, 0.6) is 0 Å². The lowest BCUT2D eigenvalue weighted by Gasteiger charge is -2.41. The number of nitrogens with one attached hydrogen (secondary N) is 1. The number of urea groups is 1. The van der Waals surface area contributed by atoms with Crippen LogP contribution in [0.15, 0.2) is 0 Å². The summed E-state index contributed by atoms with van der Waals surface area (Å²) in [7, 11) is 0. The fourth-order valence-corrected chi connectivity index (χ4v) is 3.37. The van der Waals surface area contributed by atoms with Crippen LogP contribution in [-0.4, -0.2) is 41.6 Å². The van der Waals surface area contributed by atoms with Gasteiger partial charge >= 0.3 is 12.0 Å². The Bertz CT molecular complexity index is 387. The van der Waals surface area contributed by atoms with Crippen LogP contribution >= 0.6 is 0 Å². The van der Waals surface area contributed by atoms with Crippen LogP contribution in [0, 0.1) is 10.8 Å². The highest BCUT2D eigenvalue weighted by Gasteiger charge is 2.45. The van der Waals surface area contributed by atoms with Crippen LogP contribution in [0.4, 0.5) is 4.79 Å². The van der Waals surface area contributed by atoms with Gasteiger partial charge in [0.2, 0.25) is 0 Å². The Balaban J connectivity index is 1.87. The lowest BCUT2D eigenvalue weighted by molar-refractivity contribution is -0.148. The topological polar surface area (TPSA) is 69.6 Å². The maximum absolute atomic E-state index is 12.2. The molecule has 2 amide bonds. The first kappa shape index (κ1) is 15.1. The molecular formula is C15H26N2O3. The van der Waals surface area contributed by atoms with E-state index in [4.69, 9.17) is 0 Å². The normalized spacial score (nSPS) is 28.0.